The van der Waals surface area contributed by atoms with Crippen molar-refractivity contribution in [2.75, 3.05) is 0 Å². The minimum Gasteiger partial charge on any atom is -0.508 e. The van der Waals surface area contributed by atoms with Gasteiger partial charge in [-0.1, -0.05) is 13.8 Å². The molecule has 0 fully saturated rings. The Morgan fingerprint density at radius 2 is 1.61 bits per heavy atom. The Hall–Kier alpha value is -2.95. The number of hydrogen-bond acceptors (Lipinski definition) is 5. The molecule has 0 bridgehead atoms. The largest absolute Gasteiger partial charge is 0.508 e. The second-order valence-corrected chi connectivity index (χ2v) is 5.71. The van der Waals surface area contributed by atoms with E-state index in [4.69, 9.17) is 4.42 Å². The van der Waals surface area contributed by atoms with Crippen molar-refractivity contribution in [1.29, 1.82) is 0 Å². The summed E-state index contributed by atoms with van der Waals surface area (Å²) >= 11 is 0. The summed E-state index contributed by atoms with van der Waals surface area (Å²) in [5, 5.41) is 29.5. The van der Waals surface area contributed by atoms with Crippen LogP contribution in [0.25, 0.3) is 22.3 Å². The third-order valence-electron chi connectivity index (χ3n) is 3.73. The van der Waals surface area contributed by atoms with E-state index in [1.165, 1.54) is 18.2 Å². The number of phenolic OH excluding ortho intramolecular Hbond substituents is 3. The van der Waals surface area contributed by atoms with Gasteiger partial charge in [0.2, 0.25) is 0 Å². The number of aromatic hydroxyl groups is 3. The molecule has 1 aromatic heterocycles. The van der Waals surface area contributed by atoms with E-state index in [-0.39, 0.29) is 34.1 Å². The van der Waals surface area contributed by atoms with Crippen molar-refractivity contribution in [3.05, 3.63) is 52.2 Å². The summed E-state index contributed by atoms with van der Waals surface area (Å²) in [5.74, 6) is -0.121. The van der Waals surface area contributed by atoms with E-state index in [1.54, 1.807) is 12.1 Å². The van der Waals surface area contributed by atoms with Crippen LogP contribution in [0.4, 0.5) is 0 Å². The van der Waals surface area contributed by atoms with Gasteiger partial charge in [-0.15, -0.1) is 0 Å². The van der Waals surface area contributed by atoms with Crippen molar-refractivity contribution in [3.8, 4) is 28.6 Å². The standard InChI is InChI=1S/C18H16O5/c1-9(2)16-12(20)7-13(21)17-14(22)8-15(23-18(16)17)10-3-5-11(19)6-4-10/h3-9,19-21H,1-2H3. The SMILES string of the molecule is CC(C)c1c(O)cc(O)c2c(=O)cc(-c3ccc(O)cc3)oc12. The van der Waals surface area contributed by atoms with Crippen molar-refractivity contribution in [3.63, 3.8) is 0 Å². The van der Waals surface area contributed by atoms with Crippen LogP contribution in [0.5, 0.6) is 17.2 Å². The topological polar surface area (TPSA) is 90.9 Å². The monoisotopic (exact) mass is 312 g/mol. The zero-order chi connectivity index (χ0) is 16.7. The van der Waals surface area contributed by atoms with E-state index in [1.807, 2.05) is 13.8 Å². The molecule has 0 aliphatic heterocycles. The van der Waals surface area contributed by atoms with Crippen molar-refractivity contribution in [2.45, 2.75) is 19.8 Å². The number of phenols is 3. The van der Waals surface area contributed by atoms with Gasteiger partial charge in [0.25, 0.3) is 0 Å². The van der Waals surface area contributed by atoms with E-state index >= 15 is 0 Å². The highest BCUT2D eigenvalue weighted by Gasteiger charge is 2.20. The fourth-order valence-electron chi connectivity index (χ4n) is 2.65. The average molecular weight is 312 g/mol. The van der Waals surface area contributed by atoms with Gasteiger partial charge < -0.3 is 19.7 Å². The molecule has 0 saturated carbocycles. The smallest absolute Gasteiger partial charge is 0.197 e. The molecule has 0 saturated heterocycles. The molecule has 3 N–H and O–H groups in total. The minimum absolute atomic E-state index is 0.0500. The van der Waals surface area contributed by atoms with Crippen LogP contribution in [0.2, 0.25) is 0 Å². The number of rotatable bonds is 2. The van der Waals surface area contributed by atoms with Crippen molar-refractivity contribution < 1.29 is 19.7 Å². The molecule has 2 aromatic carbocycles. The van der Waals surface area contributed by atoms with Gasteiger partial charge in [-0.05, 0) is 30.2 Å². The summed E-state index contributed by atoms with van der Waals surface area (Å²) in [6.07, 6.45) is 0. The van der Waals surface area contributed by atoms with Crippen molar-refractivity contribution in [2.24, 2.45) is 0 Å². The highest BCUT2D eigenvalue weighted by Crippen LogP contribution is 2.38. The van der Waals surface area contributed by atoms with E-state index in [0.29, 0.717) is 16.9 Å². The lowest BCUT2D eigenvalue weighted by molar-refractivity contribution is 0.444. The zero-order valence-electron chi connectivity index (χ0n) is 12.7. The third kappa shape index (κ3) is 2.50. The lowest BCUT2D eigenvalue weighted by Gasteiger charge is -2.13. The summed E-state index contributed by atoms with van der Waals surface area (Å²) in [4.78, 5) is 12.4. The molecule has 0 aliphatic carbocycles. The molecule has 0 unspecified atom stereocenters. The van der Waals surface area contributed by atoms with E-state index in [0.717, 1.165) is 6.07 Å². The number of benzene rings is 2. The minimum atomic E-state index is -0.395. The van der Waals surface area contributed by atoms with E-state index < -0.39 is 5.43 Å². The molecule has 3 aromatic rings. The van der Waals surface area contributed by atoms with Gasteiger partial charge >= 0.3 is 0 Å². The average Bonchev–Trinajstić information content (AvgIpc) is 2.46. The molecular formula is C18H16O5. The Morgan fingerprint density at radius 1 is 0.957 bits per heavy atom. The molecule has 0 atom stereocenters. The number of fused-ring (bicyclic) bond motifs is 1. The summed E-state index contributed by atoms with van der Waals surface area (Å²) in [6, 6.07) is 8.67. The van der Waals surface area contributed by atoms with Crippen LogP contribution in [0.1, 0.15) is 25.3 Å². The Bertz CT molecular complexity index is 936. The summed E-state index contributed by atoms with van der Waals surface area (Å²) in [5.41, 5.74) is 0.858. The molecule has 1 heterocycles. The van der Waals surface area contributed by atoms with Crippen molar-refractivity contribution in [1.82, 2.24) is 0 Å². The van der Waals surface area contributed by atoms with Gasteiger partial charge in [-0.3, -0.25) is 4.79 Å². The Kier molecular flexibility index (Phi) is 3.48. The normalized spacial score (nSPS) is 11.3. The van der Waals surface area contributed by atoms with Crippen LogP contribution in [-0.4, -0.2) is 15.3 Å². The Morgan fingerprint density at radius 3 is 2.22 bits per heavy atom. The fraction of sp³-hybridized carbons (Fsp3) is 0.167. The predicted octanol–water partition coefficient (Wildman–Crippen LogP) is 3.70. The third-order valence-corrected chi connectivity index (χ3v) is 3.73. The van der Waals surface area contributed by atoms with Gasteiger partial charge in [0.15, 0.2) is 5.43 Å². The molecule has 0 aliphatic rings. The lowest BCUT2D eigenvalue weighted by Crippen LogP contribution is -2.03. The zero-order valence-corrected chi connectivity index (χ0v) is 12.7. The number of hydrogen-bond donors (Lipinski definition) is 3. The van der Waals surface area contributed by atoms with Crippen LogP contribution in [0, 0.1) is 0 Å². The first kappa shape index (κ1) is 15.0. The first-order valence-corrected chi connectivity index (χ1v) is 7.20. The molecule has 0 amide bonds. The quantitative estimate of drug-likeness (QED) is 0.671. The van der Waals surface area contributed by atoms with Crippen LogP contribution in [-0.2, 0) is 0 Å². The predicted molar refractivity (Wildman–Crippen MR) is 87.0 cm³/mol. The van der Waals surface area contributed by atoms with Gasteiger partial charge in [0, 0.05) is 23.3 Å². The Labute approximate surface area is 132 Å². The summed E-state index contributed by atoms with van der Waals surface area (Å²) in [7, 11) is 0. The summed E-state index contributed by atoms with van der Waals surface area (Å²) < 4.78 is 5.82. The van der Waals surface area contributed by atoms with Gasteiger partial charge in [-0.25, -0.2) is 0 Å². The lowest BCUT2D eigenvalue weighted by atomic mass is 9.98. The van der Waals surface area contributed by atoms with Gasteiger partial charge in [-0.2, -0.15) is 0 Å². The molecule has 5 heteroatoms. The first-order valence-electron chi connectivity index (χ1n) is 7.20. The van der Waals surface area contributed by atoms with E-state index in [2.05, 4.69) is 0 Å². The highest BCUT2D eigenvalue weighted by atomic mass is 16.3. The second kappa shape index (κ2) is 5.35. The Balaban J connectivity index is 2.38. The maximum atomic E-state index is 12.4. The van der Waals surface area contributed by atoms with Gasteiger partial charge in [0.1, 0.15) is 34.0 Å². The molecule has 118 valence electrons. The highest BCUT2D eigenvalue weighted by molar-refractivity contribution is 5.89. The molecule has 5 nitrogen and oxygen atoms in total. The second-order valence-electron chi connectivity index (χ2n) is 5.71. The molecule has 23 heavy (non-hydrogen) atoms. The fourth-order valence-corrected chi connectivity index (χ4v) is 2.65. The van der Waals surface area contributed by atoms with Crippen LogP contribution in [0.3, 0.4) is 0 Å². The summed E-state index contributed by atoms with van der Waals surface area (Å²) in [6.45, 7) is 3.72. The molecule has 0 spiro atoms. The maximum absolute atomic E-state index is 12.4. The van der Waals surface area contributed by atoms with Gasteiger partial charge in [0.05, 0.1) is 0 Å². The van der Waals surface area contributed by atoms with Crippen molar-refractivity contribution >= 4 is 11.0 Å². The van der Waals surface area contributed by atoms with Crippen LogP contribution < -0.4 is 5.43 Å². The molecular weight excluding hydrogens is 296 g/mol. The van der Waals surface area contributed by atoms with Crippen LogP contribution in [0.15, 0.2) is 45.6 Å². The maximum Gasteiger partial charge on any atom is 0.197 e. The molecule has 0 radical (unpaired) electrons. The van der Waals surface area contributed by atoms with E-state index in [9.17, 15) is 20.1 Å². The first-order chi connectivity index (χ1) is 10.9. The van der Waals surface area contributed by atoms with Crippen LogP contribution >= 0.6 is 0 Å². The molecule has 3 rings (SSSR count).